The first-order valence-corrected chi connectivity index (χ1v) is 7.36. The molecule has 0 radical (unpaired) electrons. The zero-order chi connectivity index (χ0) is 13.2. The van der Waals surface area contributed by atoms with Crippen molar-refractivity contribution in [2.75, 3.05) is 16.8 Å². The molecule has 1 aromatic heterocycles. The van der Waals surface area contributed by atoms with E-state index in [1.807, 2.05) is 11.8 Å². The van der Waals surface area contributed by atoms with Gasteiger partial charge in [0.15, 0.2) is 0 Å². The SMILES string of the molecule is O=[N+]([O-])c1ccc2nc(NC3CCSCC3)[nH]c2c1. The van der Waals surface area contributed by atoms with Gasteiger partial charge >= 0.3 is 0 Å². The van der Waals surface area contributed by atoms with Gasteiger partial charge in [-0.1, -0.05) is 0 Å². The quantitative estimate of drug-likeness (QED) is 0.666. The zero-order valence-electron chi connectivity index (χ0n) is 10.3. The van der Waals surface area contributed by atoms with Gasteiger partial charge in [-0.15, -0.1) is 0 Å². The molecule has 3 rings (SSSR count). The topological polar surface area (TPSA) is 83.8 Å². The smallest absolute Gasteiger partial charge is 0.271 e. The van der Waals surface area contributed by atoms with Crippen LogP contribution in [0.4, 0.5) is 11.6 Å². The number of aromatic amines is 1. The Hall–Kier alpha value is -1.76. The number of hydrogen-bond acceptors (Lipinski definition) is 5. The summed E-state index contributed by atoms with van der Waals surface area (Å²) >= 11 is 1.97. The van der Waals surface area contributed by atoms with Crippen LogP contribution in [0.5, 0.6) is 0 Å². The van der Waals surface area contributed by atoms with Crippen molar-refractivity contribution in [2.45, 2.75) is 18.9 Å². The zero-order valence-corrected chi connectivity index (χ0v) is 11.1. The Bertz CT molecular complexity index is 607. The Morgan fingerprint density at radius 1 is 1.42 bits per heavy atom. The van der Waals surface area contributed by atoms with Crippen LogP contribution < -0.4 is 5.32 Å². The van der Waals surface area contributed by atoms with Gasteiger partial charge in [0.1, 0.15) is 0 Å². The van der Waals surface area contributed by atoms with Crippen molar-refractivity contribution in [3.63, 3.8) is 0 Å². The average molecular weight is 278 g/mol. The predicted molar refractivity (Wildman–Crippen MR) is 76.7 cm³/mol. The fourth-order valence-electron chi connectivity index (χ4n) is 2.21. The Labute approximate surface area is 114 Å². The highest BCUT2D eigenvalue weighted by molar-refractivity contribution is 7.99. The summed E-state index contributed by atoms with van der Waals surface area (Å²) in [6.45, 7) is 0. The largest absolute Gasteiger partial charge is 0.353 e. The van der Waals surface area contributed by atoms with E-state index in [0.29, 0.717) is 17.5 Å². The minimum atomic E-state index is -0.397. The molecule has 0 aliphatic carbocycles. The molecule has 1 aromatic carbocycles. The summed E-state index contributed by atoms with van der Waals surface area (Å²) in [5.41, 5.74) is 1.52. The minimum Gasteiger partial charge on any atom is -0.353 e. The van der Waals surface area contributed by atoms with Crippen molar-refractivity contribution >= 4 is 34.4 Å². The molecule has 19 heavy (non-hydrogen) atoms. The number of anilines is 1. The van der Waals surface area contributed by atoms with Gasteiger partial charge in [0.05, 0.1) is 16.0 Å². The number of H-pyrrole nitrogens is 1. The van der Waals surface area contributed by atoms with Gasteiger partial charge < -0.3 is 10.3 Å². The van der Waals surface area contributed by atoms with E-state index in [1.54, 1.807) is 6.07 Å². The Balaban J connectivity index is 1.82. The standard InChI is InChI=1S/C12H14N4O2S/c17-16(18)9-1-2-10-11(7-9)15-12(14-10)13-8-3-5-19-6-4-8/h1-2,7-8H,3-6H2,(H2,13,14,15). The van der Waals surface area contributed by atoms with Crippen molar-refractivity contribution < 1.29 is 4.92 Å². The van der Waals surface area contributed by atoms with E-state index in [9.17, 15) is 10.1 Å². The molecule has 1 aliphatic rings. The van der Waals surface area contributed by atoms with Gasteiger partial charge in [-0.2, -0.15) is 11.8 Å². The molecule has 0 bridgehead atoms. The molecule has 0 saturated carbocycles. The van der Waals surface area contributed by atoms with E-state index in [2.05, 4.69) is 15.3 Å². The second-order valence-corrected chi connectivity index (χ2v) is 5.80. The molecule has 0 spiro atoms. The third kappa shape index (κ3) is 2.65. The van der Waals surface area contributed by atoms with Gasteiger partial charge in [-0.05, 0) is 30.4 Å². The maximum atomic E-state index is 10.7. The second-order valence-electron chi connectivity index (χ2n) is 4.57. The minimum absolute atomic E-state index is 0.0803. The van der Waals surface area contributed by atoms with Crippen LogP contribution >= 0.6 is 11.8 Å². The molecule has 7 heteroatoms. The predicted octanol–water partition coefficient (Wildman–Crippen LogP) is 2.78. The fourth-order valence-corrected chi connectivity index (χ4v) is 3.32. The molecule has 1 saturated heterocycles. The summed E-state index contributed by atoms with van der Waals surface area (Å²) in [4.78, 5) is 17.8. The van der Waals surface area contributed by atoms with Crippen molar-refractivity contribution in [2.24, 2.45) is 0 Å². The molecule has 1 aliphatic heterocycles. The van der Waals surface area contributed by atoms with E-state index < -0.39 is 4.92 Å². The first-order valence-electron chi connectivity index (χ1n) is 6.21. The lowest BCUT2D eigenvalue weighted by atomic mass is 10.2. The summed E-state index contributed by atoms with van der Waals surface area (Å²) in [6, 6.07) is 5.11. The van der Waals surface area contributed by atoms with Crippen LogP contribution in [-0.4, -0.2) is 32.4 Å². The molecule has 6 nitrogen and oxygen atoms in total. The van der Waals surface area contributed by atoms with Crippen molar-refractivity contribution in [3.8, 4) is 0 Å². The van der Waals surface area contributed by atoms with Crippen LogP contribution in [0.3, 0.4) is 0 Å². The fraction of sp³-hybridized carbons (Fsp3) is 0.417. The number of nitro benzene ring substituents is 1. The summed E-state index contributed by atoms with van der Waals surface area (Å²) in [5, 5.41) is 14.1. The molecule has 1 fully saturated rings. The highest BCUT2D eigenvalue weighted by Gasteiger charge is 2.15. The third-order valence-corrected chi connectivity index (χ3v) is 4.29. The molecular formula is C12H14N4O2S. The van der Waals surface area contributed by atoms with Gasteiger partial charge in [0.25, 0.3) is 5.69 Å². The van der Waals surface area contributed by atoms with E-state index in [1.165, 1.54) is 23.6 Å². The van der Waals surface area contributed by atoms with Crippen molar-refractivity contribution in [1.82, 2.24) is 9.97 Å². The van der Waals surface area contributed by atoms with E-state index >= 15 is 0 Å². The first kappa shape index (κ1) is 12.3. The van der Waals surface area contributed by atoms with Gasteiger partial charge in [0.2, 0.25) is 5.95 Å². The maximum Gasteiger partial charge on any atom is 0.271 e. The number of aromatic nitrogens is 2. The lowest BCUT2D eigenvalue weighted by molar-refractivity contribution is -0.384. The summed E-state index contributed by atoms with van der Waals surface area (Å²) in [7, 11) is 0. The highest BCUT2D eigenvalue weighted by atomic mass is 32.2. The van der Waals surface area contributed by atoms with E-state index in [4.69, 9.17) is 0 Å². The number of fused-ring (bicyclic) bond motifs is 1. The molecule has 100 valence electrons. The highest BCUT2D eigenvalue weighted by Crippen LogP contribution is 2.23. The number of rotatable bonds is 3. The number of hydrogen-bond donors (Lipinski definition) is 2. The molecule has 2 heterocycles. The normalized spacial score (nSPS) is 16.6. The molecule has 2 N–H and O–H groups in total. The van der Waals surface area contributed by atoms with Crippen LogP contribution in [0.25, 0.3) is 11.0 Å². The molecule has 0 amide bonds. The number of nitro groups is 1. The number of imidazole rings is 1. The van der Waals surface area contributed by atoms with Crippen LogP contribution in [0.15, 0.2) is 18.2 Å². The number of thioether (sulfide) groups is 1. The number of benzene rings is 1. The number of nitrogens with zero attached hydrogens (tertiary/aromatic N) is 2. The lowest BCUT2D eigenvalue weighted by Gasteiger charge is -2.21. The summed E-state index contributed by atoms with van der Waals surface area (Å²) < 4.78 is 0. The summed E-state index contributed by atoms with van der Waals surface area (Å²) in [6.07, 6.45) is 2.25. The molecular weight excluding hydrogens is 264 g/mol. The second kappa shape index (κ2) is 5.08. The van der Waals surface area contributed by atoms with E-state index in [0.717, 1.165) is 18.4 Å². The Morgan fingerprint density at radius 2 is 2.21 bits per heavy atom. The first-order chi connectivity index (χ1) is 9.22. The average Bonchev–Trinajstić information content (AvgIpc) is 2.80. The van der Waals surface area contributed by atoms with Gasteiger partial charge in [-0.25, -0.2) is 4.98 Å². The van der Waals surface area contributed by atoms with Crippen LogP contribution in [0.2, 0.25) is 0 Å². The Morgan fingerprint density at radius 3 is 2.95 bits per heavy atom. The van der Waals surface area contributed by atoms with Crippen LogP contribution in [-0.2, 0) is 0 Å². The molecule has 0 atom stereocenters. The van der Waals surface area contributed by atoms with Crippen molar-refractivity contribution in [3.05, 3.63) is 28.3 Å². The maximum absolute atomic E-state index is 10.7. The van der Waals surface area contributed by atoms with E-state index in [-0.39, 0.29) is 5.69 Å². The van der Waals surface area contributed by atoms with Gasteiger partial charge in [0, 0.05) is 18.2 Å². The third-order valence-electron chi connectivity index (χ3n) is 3.24. The van der Waals surface area contributed by atoms with Gasteiger partial charge in [-0.3, -0.25) is 10.1 Å². The molecule has 0 unspecified atom stereocenters. The lowest BCUT2D eigenvalue weighted by Crippen LogP contribution is -2.24. The van der Waals surface area contributed by atoms with Crippen LogP contribution in [0.1, 0.15) is 12.8 Å². The monoisotopic (exact) mass is 278 g/mol. The van der Waals surface area contributed by atoms with Crippen molar-refractivity contribution in [1.29, 1.82) is 0 Å². The Kier molecular flexibility index (Phi) is 3.29. The number of non-ortho nitro benzene ring substituents is 1. The molecule has 2 aromatic rings. The number of nitrogens with one attached hydrogen (secondary N) is 2. The van der Waals surface area contributed by atoms with Crippen LogP contribution in [0, 0.1) is 10.1 Å². The summed E-state index contributed by atoms with van der Waals surface area (Å²) in [5.74, 6) is 3.04.